The number of carbonyl (C=O) groups is 1. The van der Waals surface area contributed by atoms with Crippen molar-refractivity contribution < 1.29 is 4.79 Å². The number of H-pyrrole nitrogens is 1. The first kappa shape index (κ1) is 22.1. The summed E-state index contributed by atoms with van der Waals surface area (Å²) in [7, 11) is 0. The van der Waals surface area contributed by atoms with Crippen LogP contribution in [0.25, 0.3) is 5.69 Å². The number of unbranched alkanes of at least 4 members (excludes halogenated alkanes) is 1. The van der Waals surface area contributed by atoms with E-state index in [1.54, 1.807) is 35.9 Å². The van der Waals surface area contributed by atoms with E-state index in [2.05, 4.69) is 10.1 Å². The molecule has 0 unspecified atom stereocenters. The van der Waals surface area contributed by atoms with Gasteiger partial charge in [-0.25, -0.2) is 9.48 Å². The summed E-state index contributed by atoms with van der Waals surface area (Å²) in [6, 6.07) is 8.95. The van der Waals surface area contributed by atoms with Gasteiger partial charge in [-0.1, -0.05) is 13.3 Å². The second-order valence-electron chi connectivity index (χ2n) is 7.43. The molecule has 3 aromatic rings. The Morgan fingerprint density at radius 1 is 1.16 bits per heavy atom. The molecule has 164 valence electrons. The average molecular weight is 425 g/mol. The standard InChI is InChI=1S/C22H28N6O3/c1-5-7-12-27-19(23)18(20(29)24-22(27)31)26(6-2)21(30)16-8-10-17(11-9-16)28-15(4)13-14(3)25-28/h8-11,13H,5-7,12,23H2,1-4H3,(H,24,29,31). The zero-order valence-corrected chi connectivity index (χ0v) is 18.3. The maximum absolute atomic E-state index is 13.2. The van der Waals surface area contributed by atoms with Gasteiger partial charge in [-0.2, -0.15) is 5.10 Å². The van der Waals surface area contributed by atoms with Gasteiger partial charge in [-0.15, -0.1) is 0 Å². The number of hydrogen-bond acceptors (Lipinski definition) is 5. The summed E-state index contributed by atoms with van der Waals surface area (Å²) < 4.78 is 3.11. The molecule has 0 saturated heterocycles. The summed E-state index contributed by atoms with van der Waals surface area (Å²) in [5, 5.41) is 4.45. The Balaban J connectivity index is 1.98. The van der Waals surface area contributed by atoms with Crippen LogP contribution in [-0.2, 0) is 6.54 Å². The van der Waals surface area contributed by atoms with Gasteiger partial charge in [0.1, 0.15) is 5.82 Å². The summed E-state index contributed by atoms with van der Waals surface area (Å²) in [4.78, 5) is 41.5. The molecule has 0 fully saturated rings. The Morgan fingerprint density at radius 2 is 1.84 bits per heavy atom. The van der Waals surface area contributed by atoms with Crippen molar-refractivity contribution in [2.45, 2.75) is 47.1 Å². The maximum Gasteiger partial charge on any atom is 0.330 e. The van der Waals surface area contributed by atoms with E-state index in [9.17, 15) is 14.4 Å². The SMILES string of the molecule is CCCCn1c(N)c(N(CC)C(=O)c2ccc(-n3nc(C)cc3C)cc2)c(=O)[nH]c1=O. The molecule has 1 aromatic carbocycles. The number of aryl methyl sites for hydroxylation is 2. The third-order valence-electron chi connectivity index (χ3n) is 5.15. The molecule has 0 bridgehead atoms. The van der Waals surface area contributed by atoms with Crippen LogP contribution in [0.2, 0.25) is 0 Å². The summed E-state index contributed by atoms with van der Waals surface area (Å²) in [5.74, 6) is -0.378. The second-order valence-corrected chi connectivity index (χ2v) is 7.43. The minimum Gasteiger partial charge on any atom is -0.383 e. The van der Waals surface area contributed by atoms with Gasteiger partial charge in [0.15, 0.2) is 5.69 Å². The van der Waals surface area contributed by atoms with Crippen molar-refractivity contribution in [1.82, 2.24) is 19.3 Å². The van der Waals surface area contributed by atoms with E-state index in [1.807, 2.05) is 26.8 Å². The molecular formula is C22H28N6O3. The van der Waals surface area contributed by atoms with Gasteiger partial charge in [-0.05, 0) is 57.5 Å². The highest BCUT2D eigenvalue weighted by atomic mass is 16.2. The van der Waals surface area contributed by atoms with Crippen LogP contribution in [0.4, 0.5) is 11.5 Å². The van der Waals surface area contributed by atoms with Gasteiger partial charge in [-0.3, -0.25) is 19.1 Å². The average Bonchev–Trinajstić information content (AvgIpc) is 3.08. The molecular weight excluding hydrogens is 396 g/mol. The molecule has 3 N–H and O–H groups in total. The van der Waals surface area contributed by atoms with Gasteiger partial charge in [0.05, 0.1) is 11.4 Å². The third kappa shape index (κ3) is 4.30. The molecule has 1 amide bonds. The Labute approximate surface area is 180 Å². The van der Waals surface area contributed by atoms with Crippen LogP contribution in [0.1, 0.15) is 48.4 Å². The maximum atomic E-state index is 13.2. The van der Waals surface area contributed by atoms with Crippen molar-refractivity contribution in [1.29, 1.82) is 0 Å². The molecule has 0 atom stereocenters. The summed E-state index contributed by atoms with van der Waals surface area (Å²) >= 11 is 0. The summed E-state index contributed by atoms with van der Waals surface area (Å²) in [6.07, 6.45) is 1.59. The molecule has 0 spiro atoms. The number of nitrogens with two attached hydrogens (primary N) is 1. The summed E-state index contributed by atoms with van der Waals surface area (Å²) in [6.45, 7) is 8.21. The van der Waals surface area contributed by atoms with Crippen molar-refractivity contribution in [2.24, 2.45) is 0 Å². The fraction of sp³-hybridized carbons (Fsp3) is 0.364. The third-order valence-corrected chi connectivity index (χ3v) is 5.15. The number of rotatable bonds is 7. The van der Waals surface area contributed by atoms with Crippen molar-refractivity contribution in [3.63, 3.8) is 0 Å². The molecule has 9 heteroatoms. The first-order valence-corrected chi connectivity index (χ1v) is 10.4. The topological polar surface area (TPSA) is 119 Å². The van der Waals surface area contributed by atoms with E-state index in [-0.39, 0.29) is 24.0 Å². The first-order chi connectivity index (χ1) is 14.8. The highest BCUT2D eigenvalue weighted by molar-refractivity contribution is 6.07. The van der Waals surface area contributed by atoms with Crippen molar-refractivity contribution >= 4 is 17.4 Å². The highest BCUT2D eigenvalue weighted by Crippen LogP contribution is 2.21. The van der Waals surface area contributed by atoms with Gasteiger partial charge >= 0.3 is 5.69 Å². The molecule has 0 aliphatic rings. The van der Waals surface area contributed by atoms with Crippen LogP contribution in [0.15, 0.2) is 39.9 Å². The Kier molecular flexibility index (Phi) is 6.43. The molecule has 0 aliphatic heterocycles. The smallest absolute Gasteiger partial charge is 0.330 e. The number of aromatic amines is 1. The Bertz CT molecular complexity index is 1200. The first-order valence-electron chi connectivity index (χ1n) is 10.4. The van der Waals surface area contributed by atoms with Crippen LogP contribution in [-0.4, -0.2) is 31.8 Å². The lowest BCUT2D eigenvalue weighted by molar-refractivity contribution is 0.0988. The largest absolute Gasteiger partial charge is 0.383 e. The number of amides is 1. The number of hydrogen-bond donors (Lipinski definition) is 2. The highest BCUT2D eigenvalue weighted by Gasteiger charge is 2.24. The van der Waals surface area contributed by atoms with Crippen molar-refractivity contribution in [3.05, 3.63) is 68.1 Å². The predicted octanol–water partition coefficient (Wildman–Crippen LogP) is 2.39. The lowest BCUT2D eigenvalue weighted by Gasteiger charge is -2.23. The molecule has 2 heterocycles. The van der Waals surface area contributed by atoms with Crippen LogP contribution in [0, 0.1) is 13.8 Å². The quantitative estimate of drug-likeness (QED) is 0.604. The van der Waals surface area contributed by atoms with Crippen molar-refractivity contribution in [3.8, 4) is 5.69 Å². The van der Waals surface area contributed by atoms with E-state index in [0.717, 1.165) is 29.9 Å². The number of benzene rings is 1. The fourth-order valence-electron chi connectivity index (χ4n) is 3.57. The number of nitrogens with one attached hydrogen (secondary N) is 1. The number of nitrogen functional groups attached to an aromatic ring is 1. The van der Waals surface area contributed by atoms with Crippen LogP contribution >= 0.6 is 0 Å². The normalized spacial score (nSPS) is 11.0. The number of carbonyl (C=O) groups excluding carboxylic acids is 1. The van der Waals surface area contributed by atoms with Gasteiger partial charge in [0, 0.05) is 24.3 Å². The summed E-state index contributed by atoms with van der Waals surface area (Å²) in [5.41, 5.74) is 8.04. The van der Waals surface area contributed by atoms with E-state index in [0.29, 0.717) is 12.1 Å². The molecule has 3 rings (SSSR count). The van der Waals surface area contributed by atoms with E-state index in [4.69, 9.17) is 5.73 Å². The number of aromatic nitrogens is 4. The Hall–Kier alpha value is -3.62. The van der Waals surface area contributed by atoms with Crippen LogP contribution in [0.5, 0.6) is 0 Å². The fourth-order valence-corrected chi connectivity index (χ4v) is 3.57. The van der Waals surface area contributed by atoms with Gasteiger partial charge < -0.3 is 10.6 Å². The zero-order valence-electron chi connectivity index (χ0n) is 18.3. The lowest BCUT2D eigenvalue weighted by atomic mass is 10.1. The van der Waals surface area contributed by atoms with E-state index >= 15 is 0 Å². The van der Waals surface area contributed by atoms with E-state index < -0.39 is 11.2 Å². The van der Waals surface area contributed by atoms with Crippen LogP contribution < -0.4 is 21.9 Å². The predicted molar refractivity (Wildman–Crippen MR) is 121 cm³/mol. The minimum absolute atomic E-state index is 0.00309. The Morgan fingerprint density at radius 3 is 2.39 bits per heavy atom. The number of nitrogens with zero attached hydrogens (tertiary/aromatic N) is 4. The molecule has 31 heavy (non-hydrogen) atoms. The monoisotopic (exact) mass is 424 g/mol. The zero-order chi connectivity index (χ0) is 22.7. The van der Waals surface area contributed by atoms with Gasteiger partial charge in [0.25, 0.3) is 11.5 Å². The number of anilines is 2. The molecule has 0 aliphatic carbocycles. The second kappa shape index (κ2) is 9.03. The molecule has 9 nitrogen and oxygen atoms in total. The van der Waals surface area contributed by atoms with E-state index in [1.165, 1.54) is 9.47 Å². The van der Waals surface area contributed by atoms with Crippen LogP contribution in [0.3, 0.4) is 0 Å². The van der Waals surface area contributed by atoms with Gasteiger partial charge in [0.2, 0.25) is 0 Å². The molecule has 0 saturated carbocycles. The van der Waals surface area contributed by atoms with Crippen molar-refractivity contribution in [2.75, 3.05) is 17.2 Å². The minimum atomic E-state index is -0.676. The molecule has 2 aromatic heterocycles. The lowest BCUT2D eigenvalue weighted by Crippen LogP contribution is -2.41. The molecule has 0 radical (unpaired) electrons.